The van der Waals surface area contributed by atoms with E-state index in [1.807, 2.05) is 6.07 Å². The third-order valence-corrected chi connectivity index (χ3v) is 4.07. The molecule has 0 heterocycles. The van der Waals surface area contributed by atoms with Crippen molar-refractivity contribution in [1.82, 2.24) is 5.32 Å². The molecule has 4 heteroatoms. The first-order valence-electron chi connectivity index (χ1n) is 5.96. The van der Waals surface area contributed by atoms with Crippen LogP contribution in [-0.4, -0.2) is 11.4 Å². The standard InChI is InChI=1S/C13H16BrClFN/c14-10-5-9(6-12(16)7-10)8-17-13-3-1-11(15)2-4-13/h5-7,11,13,17H,1-4,8H2. The van der Waals surface area contributed by atoms with Gasteiger partial charge < -0.3 is 5.32 Å². The zero-order chi connectivity index (χ0) is 12.3. The van der Waals surface area contributed by atoms with Gasteiger partial charge in [0.05, 0.1) is 0 Å². The minimum atomic E-state index is -0.194. The lowest BCUT2D eigenvalue weighted by Crippen LogP contribution is -2.32. The summed E-state index contributed by atoms with van der Waals surface area (Å²) in [6.45, 7) is 0.716. The zero-order valence-electron chi connectivity index (χ0n) is 9.56. The Balaban J connectivity index is 1.85. The van der Waals surface area contributed by atoms with Crippen LogP contribution in [0.1, 0.15) is 31.2 Å². The van der Waals surface area contributed by atoms with E-state index < -0.39 is 0 Å². The molecule has 17 heavy (non-hydrogen) atoms. The number of hydrogen-bond donors (Lipinski definition) is 1. The fourth-order valence-corrected chi connectivity index (χ4v) is 3.00. The fraction of sp³-hybridized carbons (Fsp3) is 0.538. The molecule has 0 unspecified atom stereocenters. The van der Waals surface area contributed by atoms with Crippen molar-refractivity contribution in [2.75, 3.05) is 0 Å². The van der Waals surface area contributed by atoms with Gasteiger partial charge in [-0.3, -0.25) is 0 Å². The number of rotatable bonds is 3. The molecular weight excluding hydrogens is 305 g/mol. The maximum atomic E-state index is 13.2. The van der Waals surface area contributed by atoms with Crippen LogP contribution in [0.5, 0.6) is 0 Å². The number of benzene rings is 1. The molecular formula is C13H16BrClFN. The largest absolute Gasteiger partial charge is 0.310 e. The second kappa shape index (κ2) is 6.17. The van der Waals surface area contributed by atoms with Crippen molar-refractivity contribution in [3.05, 3.63) is 34.1 Å². The Kier molecular flexibility index (Phi) is 4.83. The number of nitrogens with one attached hydrogen (secondary N) is 1. The first-order valence-corrected chi connectivity index (χ1v) is 7.19. The van der Waals surface area contributed by atoms with Crippen molar-refractivity contribution in [3.63, 3.8) is 0 Å². The summed E-state index contributed by atoms with van der Waals surface area (Å²) >= 11 is 9.36. The molecule has 0 radical (unpaired) electrons. The average molecular weight is 321 g/mol. The minimum absolute atomic E-state index is 0.194. The molecule has 94 valence electrons. The Morgan fingerprint density at radius 1 is 1.24 bits per heavy atom. The van der Waals surface area contributed by atoms with Gasteiger partial charge in [-0.15, -0.1) is 11.6 Å². The van der Waals surface area contributed by atoms with Crippen LogP contribution in [-0.2, 0) is 6.54 Å². The highest BCUT2D eigenvalue weighted by Crippen LogP contribution is 2.23. The molecule has 1 saturated carbocycles. The lowest BCUT2D eigenvalue weighted by atomic mass is 9.95. The van der Waals surface area contributed by atoms with Crippen LogP contribution < -0.4 is 5.32 Å². The van der Waals surface area contributed by atoms with Gasteiger partial charge in [0.15, 0.2) is 0 Å². The highest BCUT2D eigenvalue weighted by molar-refractivity contribution is 9.10. The van der Waals surface area contributed by atoms with Gasteiger partial charge >= 0.3 is 0 Å². The minimum Gasteiger partial charge on any atom is -0.310 e. The second-order valence-electron chi connectivity index (χ2n) is 4.61. The topological polar surface area (TPSA) is 12.0 Å². The summed E-state index contributed by atoms with van der Waals surface area (Å²) in [5.41, 5.74) is 0.977. The molecule has 1 nitrogen and oxygen atoms in total. The Bertz CT molecular complexity index is 357. The smallest absolute Gasteiger partial charge is 0.124 e. The maximum absolute atomic E-state index is 13.2. The first kappa shape index (κ1) is 13.3. The molecule has 0 aliphatic heterocycles. The molecule has 0 aromatic heterocycles. The summed E-state index contributed by atoms with van der Waals surface area (Å²) in [6.07, 6.45) is 4.38. The van der Waals surface area contributed by atoms with Gasteiger partial charge in [0, 0.05) is 22.4 Å². The van der Waals surface area contributed by atoms with Crippen molar-refractivity contribution >= 4 is 27.5 Å². The summed E-state index contributed by atoms with van der Waals surface area (Å²) in [6, 6.07) is 5.52. The van der Waals surface area contributed by atoms with Gasteiger partial charge in [0.2, 0.25) is 0 Å². The summed E-state index contributed by atoms with van der Waals surface area (Å²) in [7, 11) is 0. The van der Waals surface area contributed by atoms with E-state index in [1.54, 1.807) is 6.07 Å². The summed E-state index contributed by atoms with van der Waals surface area (Å²) in [5, 5.41) is 3.81. The monoisotopic (exact) mass is 319 g/mol. The van der Waals surface area contributed by atoms with Crippen LogP contribution in [0.15, 0.2) is 22.7 Å². The normalized spacial score (nSPS) is 24.9. The SMILES string of the molecule is Fc1cc(Br)cc(CNC2CCC(Cl)CC2)c1. The third kappa shape index (κ3) is 4.23. The maximum Gasteiger partial charge on any atom is 0.124 e. The molecule has 1 aliphatic rings. The van der Waals surface area contributed by atoms with E-state index in [2.05, 4.69) is 21.2 Å². The molecule has 0 saturated heterocycles. The lowest BCUT2D eigenvalue weighted by Gasteiger charge is -2.26. The van der Waals surface area contributed by atoms with Crippen molar-refractivity contribution in [1.29, 1.82) is 0 Å². The molecule has 1 aliphatic carbocycles. The van der Waals surface area contributed by atoms with Crippen LogP contribution in [0.25, 0.3) is 0 Å². The van der Waals surface area contributed by atoms with E-state index in [9.17, 15) is 4.39 Å². The van der Waals surface area contributed by atoms with Gasteiger partial charge in [-0.1, -0.05) is 15.9 Å². The van der Waals surface area contributed by atoms with Crippen LogP contribution in [0.4, 0.5) is 4.39 Å². The molecule has 0 atom stereocenters. The summed E-state index contributed by atoms with van der Waals surface area (Å²) in [4.78, 5) is 0. The highest BCUT2D eigenvalue weighted by atomic mass is 79.9. The Labute approximate surface area is 115 Å². The molecule has 1 N–H and O–H groups in total. The third-order valence-electron chi connectivity index (χ3n) is 3.17. The van der Waals surface area contributed by atoms with Crippen LogP contribution in [0, 0.1) is 5.82 Å². The molecule has 1 aromatic carbocycles. The fourth-order valence-electron chi connectivity index (χ4n) is 2.23. The van der Waals surface area contributed by atoms with Gasteiger partial charge in [0.25, 0.3) is 0 Å². The predicted octanol–water partition coefficient (Wildman–Crippen LogP) is 4.23. The molecule has 0 spiro atoms. The van der Waals surface area contributed by atoms with Crippen LogP contribution >= 0.6 is 27.5 Å². The van der Waals surface area contributed by atoms with Crippen molar-refractivity contribution in [3.8, 4) is 0 Å². The average Bonchev–Trinajstić information content (AvgIpc) is 2.27. The highest BCUT2D eigenvalue weighted by Gasteiger charge is 2.18. The van der Waals surface area contributed by atoms with Crippen LogP contribution in [0.3, 0.4) is 0 Å². The van der Waals surface area contributed by atoms with Crippen molar-refractivity contribution in [2.45, 2.75) is 43.6 Å². The lowest BCUT2D eigenvalue weighted by molar-refractivity contribution is 0.376. The number of halogens is 3. The Morgan fingerprint density at radius 2 is 1.94 bits per heavy atom. The molecule has 2 rings (SSSR count). The molecule has 1 fully saturated rings. The van der Waals surface area contributed by atoms with E-state index in [4.69, 9.17) is 11.6 Å². The summed E-state index contributed by atoms with van der Waals surface area (Å²) in [5.74, 6) is -0.194. The van der Waals surface area contributed by atoms with Crippen molar-refractivity contribution in [2.24, 2.45) is 0 Å². The second-order valence-corrected chi connectivity index (χ2v) is 6.14. The number of alkyl halides is 1. The van der Waals surface area contributed by atoms with Gasteiger partial charge in [-0.2, -0.15) is 0 Å². The first-order chi connectivity index (χ1) is 8.13. The molecule has 0 amide bonds. The predicted molar refractivity (Wildman–Crippen MR) is 72.8 cm³/mol. The van der Waals surface area contributed by atoms with Gasteiger partial charge in [0.1, 0.15) is 5.82 Å². The Hall–Kier alpha value is -0.120. The summed E-state index contributed by atoms with van der Waals surface area (Å²) < 4.78 is 14.0. The number of hydrogen-bond acceptors (Lipinski definition) is 1. The zero-order valence-corrected chi connectivity index (χ0v) is 11.9. The molecule has 0 bridgehead atoms. The van der Waals surface area contributed by atoms with E-state index in [1.165, 1.54) is 6.07 Å². The van der Waals surface area contributed by atoms with E-state index in [-0.39, 0.29) is 5.82 Å². The Morgan fingerprint density at radius 3 is 2.59 bits per heavy atom. The van der Waals surface area contributed by atoms with E-state index in [0.29, 0.717) is 18.0 Å². The van der Waals surface area contributed by atoms with Crippen LogP contribution in [0.2, 0.25) is 0 Å². The molecule has 1 aromatic rings. The van der Waals surface area contributed by atoms with Gasteiger partial charge in [-0.25, -0.2) is 4.39 Å². The van der Waals surface area contributed by atoms with E-state index in [0.717, 1.165) is 35.7 Å². The quantitative estimate of drug-likeness (QED) is 0.822. The van der Waals surface area contributed by atoms with Crippen molar-refractivity contribution < 1.29 is 4.39 Å². The van der Waals surface area contributed by atoms with E-state index >= 15 is 0 Å². The van der Waals surface area contributed by atoms with Gasteiger partial charge in [-0.05, 0) is 49.4 Å².